The molecule has 0 unspecified atom stereocenters. The highest BCUT2D eigenvalue weighted by atomic mass is 35.5. The van der Waals surface area contributed by atoms with Gasteiger partial charge in [0.1, 0.15) is 12.4 Å². The van der Waals surface area contributed by atoms with Crippen molar-refractivity contribution in [2.24, 2.45) is 5.92 Å². The van der Waals surface area contributed by atoms with Crippen LogP contribution in [0.15, 0.2) is 48.7 Å². The van der Waals surface area contributed by atoms with Gasteiger partial charge in [0.05, 0.1) is 6.61 Å². The first-order chi connectivity index (χ1) is 13.8. The molecule has 1 aromatic heterocycles. The number of aromatic nitrogens is 1. The molecule has 1 heterocycles. The summed E-state index contributed by atoms with van der Waals surface area (Å²) in [5.74, 6) is 1.79. The maximum atomic E-state index is 13.4. The molecule has 0 radical (unpaired) electrons. The van der Waals surface area contributed by atoms with E-state index >= 15 is 0 Å². The summed E-state index contributed by atoms with van der Waals surface area (Å²) in [5, 5.41) is 4.62. The molecule has 4 nitrogen and oxygen atoms in total. The largest absolute Gasteiger partial charge is 0.489 e. The molecule has 0 atom stereocenters. The van der Waals surface area contributed by atoms with E-state index in [4.69, 9.17) is 9.47 Å². The molecule has 0 saturated carbocycles. The highest BCUT2D eigenvalue weighted by Gasteiger charge is 2.19. The number of para-hydroxylation sites is 2. The summed E-state index contributed by atoms with van der Waals surface area (Å²) < 4.78 is 25.2. The molecule has 164 valence electrons. The van der Waals surface area contributed by atoms with Crippen LogP contribution in [0.2, 0.25) is 0 Å². The van der Waals surface area contributed by atoms with Gasteiger partial charge < -0.3 is 19.8 Å². The molecule has 0 bridgehead atoms. The minimum atomic E-state index is -0.224. The number of fused-ring (bicyclic) bond motifs is 1. The zero-order valence-electron chi connectivity index (χ0n) is 18.1. The molecule has 30 heavy (non-hydrogen) atoms. The minimum absolute atomic E-state index is 0. The average molecular weight is 435 g/mol. The van der Waals surface area contributed by atoms with Crippen molar-refractivity contribution < 1.29 is 13.9 Å². The van der Waals surface area contributed by atoms with Crippen molar-refractivity contribution in [1.29, 1.82) is 0 Å². The first kappa shape index (κ1) is 24.0. The SMILES string of the molecule is CC(C)COc1ccccc1OCCNC(C)(C)Cc1c[nH]c2cc(F)ccc12.Cl. The van der Waals surface area contributed by atoms with E-state index in [2.05, 4.69) is 38.0 Å². The summed E-state index contributed by atoms with van der Waals surface area (Å²) in [6.07, 6.45) is 2.79. The van der Waals surface area contributed by atoms with Crippen molar-refractivity contribution in [2.45, 2.75) is 39.7 Å². The van der Waals surface area contributed by atoms with Crippen LogP contribution in [0.1, 0.15) is 33.3 Å². The van der Waals surface area contributed by atoms with Gasteiger partial charge in [-0.05, 0) is 62.1 Å². The quantitative estimate of drug-likeness (QED) is 0.399. The number of halogens is 2. The molecule has 2 aromatic carbocycles. The summed E-state index contributed by atoms with van der Waals surface area (Å²) >= 11 is 0. The number of aromatic amines is 1. The minimum Gasteiger partial charge on any atom is -0.489 e. The van der Waals surface area contributed by atoms with Crippen LogP contribution >= 0.6 is 12.4 Å². The lowest BCUT2D eigenvalue weighted by Gasteiger charge is -2.26. The van der Waals surface area contributed by atoms with Crippen LogP contribution in [0.4, 0.5) is 4.39 Å². The van der Waals surface area contributed by atoms with Crippen molar-refractivity contribution in [3.63, 3.8) is 0 Å². The van der Waals surface area contributed by atoms with Crippen LogP contribution in [0.25, 0.3) is 10.9 Å². The molecule has 0 saturated heterocycles. The van der Waals surface area contributed by atoms with Gasteiger partial charge >= 0.3 is 0 Å². The summed E-state index contributed by atoms with van der Waals surface area (Å²) in [4.78, 5) is 3.16. The second kappa shape index (κ2) is 10.7. The molecular weight excluding hydrogens is 403 g/mol. The van der Waals surface area contributed by atoms with Crippen molar-refractivity contribution in [3.05, 3.63) is 60.0 Å². The van der Waals surface area contributed by atoms with Gasteiger partial charge in [0.25, 0.3) is 0 Å². The third-order valence-electron chi connectivity index (χ3n) is 4.75. The number of nitrogens with one attached hydrogen (secondary N) is 2. The Bertz CT molecular complexity index is 940. The number of hydrogen-bond donors (Lipinski definition) is 2. The fraction of sp³-hybridized carbons (Fsp3) is 0.417. The number of H-pyrrole nitrogens is 1. The zero-order valence-corrected chi connectivity index (χ0v) is 18.9. The molecule has 0 aliphatic carbocycles. The Morgan fingerprint density at radius 2 is 1.77 bits per heavy atom. The lowest BCUT2D eigenvalue weighted by molar-refractivity contribution is 0.238. The van der Waals surface area contributed by atoms with E-state index in [9.17, 15) is 4.39 Å². The molecular formula is C24H32ClFN2O2. The molecule has 0 fully saturated rings. The van der Waals surface area contributed by atoms with Crippen molar-refractivity contribution in [2.75, 3.05) is 19.8 Å². The standard InChI is InChI=1S/C24H31FN2O2.ClH/c1-17(2)16-29-23-8-6-5-7-22(23)28-12-11-27-24(3,4)14-18-15-26-21-13-19(25)9-10-20(18)21;/h5-10,13,15,17,26-27H,11-12,14,16H2,1-4H3;1H. The molecule has 6 heteroatoms. The lowest BCUT2D eigenvalue weighted by Crippen LogP contribution is -2.43. The van der Waals surface area contributed by atoms with E-state index in [1.807, 2.05) is 36.5 Å². The molecule has 0 amide bonds. The monoisotopic (exact) mass is 434 g/mol. The Labute approximate surface area is 184 Å². The zero-order chi connectivity index (χ0) is 20.9. The summed E-state index contributed by atoms with van der Waals surface area (Å²) in [7, 11) is 0. The fourth-order valence-corrected chi connectivity index (χ4v) is 3.34. The summed E-state index contributed by atoms with van der Waals surface area (Å²) in [6, 6.07) is 12.7. The van der Waals surface area contributed by atoms with E-state index < -0.39 is 0 Å². The summed E-state index contributed by atoms with van der Waals surface area (Å²) in [6.45, 7) is 10.5. The van der Waals surface area contributed by atoms with Gasteiger partial charge in [0.2, 0.25) is 0 Å². The number of rotatable bonds is 10. The predicted molar refractivity (Wildman–Crippen MR) is 124 cm³/mol. The Hall–Kier alpha value is -2.24. The van der Waals surface area contributed by atoms with E-state index in [1.54, 1.807) is 0 Å². The molecule has 0 aliphatic heterocycles. The van der Waals surface area contributed by atoms with Crippen LogP contribution in [0.3, 0.4) is 0 Å². The predicted octanol–water partition coefficient (Wildman–Crippen LogP) is 5.75. The third-order valence-corrected chi connectivity index (χ3v) is 4.75. The van der Waals surface area contributed by atoms with Crippen LogP contribution in [-0.2, 0) is 6.42 Å². The maximum Gasteiger partial charge on any atom is 0.161 e. The van der Waals surface area contributed by atoms with Gasteiger partial charge in [-0.3, -0.25) is 0 Å². The van der Waals surface area contributed by atoms with Crippen LogP contribution in [-0.4, -0.2) is 30.3 Å². The van der Waals surface area contributed by atoms with Gasteiger partial charge in [0, 0.05) is 29.2 Å². The fourth-order valence-electron chi connectivity index (χ4n) is 3.34. The van der Waals surface area contributed by atoms with Gasteiger partial charge in [-0.25, -0.2) is 4.39 Å². The first-order valence-electron chi connectivity index (χ1n) is 10.2. The van der Waals surface area contributed by atoms with Crippen LogP contribution < -0.4 is 14.8 Å². The van der Waals surface area contributed by atoms with E-state index in [-0.39, 0.29) is 23.8 Å². The Morgan fingerprint density at radius 1 is 1.07 bits per heavy atom. The van der Waals surface area contributed by atoms with E-state index in [1.165, 1.54) is 17.7 Å². The number of hydrogen-bond acceptors (Lipinski definition) is 3. The second-order valence-corrected chi connectivity index (χ2v) is 8.49. The summed E-state index contributed by atoms with van der Waals surface area (Å²) in [5.41, 5.74) is 1.88. The third kappa shape index (κ3) is 6.64. The van der Waals surface area contributed by atoms with Crippen LogP contribution in [0, 0.1) is 11.7 Å². The van der Waals surface area contributed by atoms with Crippen molar-refractivity contribution in [3.8, 4) is 11.5 Å². The van der Waals surface area contributed by atoms with Crippen LogP contribution in [0.5, 0.6) is 11.5 Å². The van der Waals surface area contributed by atoms with E-state index in [0.29, 0.717) is 25.7 Å². The molecule has 0 aliphatic rings. The molecule has 2 N–H and O–H groups in total. The highest BCUT2D eigenvalue weighted by molar-refractivity contribution is 5.85. The average Bonchev–Trinajstić information content (AvgIpc) is 3.05. The van der Waals surface area contributed by atoms with Crippen molar-refractivity contribution in [1.82, 2.24) is 10.3 Å². The molecule has 3 rings (SSSR count). The first-order valence-corrected chi connectivity index (χ1v) is 10.2. The second-order valence-electron chi connectivity index (χ2n) is 8.49. The molecule has 0 spiro atoms. The number of benzene rings is 2. The van der Waals surface area contributed by atoms with Gasteiger partial charge in [0.15, 0.2) is 11.5 Å². The van der Waals surface area contributed by atoms with Gasteiger partial charge in [-0.1, -0.05) is 26.0 Å². The Morgan fingerprint density at radius 3 is 2.47 bits per heavy atom. The number of ether oxygens (including phenoxy) is 2. The Balaban J connectivity index is 0.00000320. The van der Waals surface area contributed by atoms with E-state index in [0.717, 1.165) is 28.8 Å². The topological polar surface area (TPSA) is 46.3 Å². The smallest absolute Gasteiger partial charge is 0.161 e. The normalized spacial score (nSPS) is 11.5. The Kier molecular flexibility index (Phi) is 8.56. The molecule has 3 aromatic rings. The highest BCUT2D eigenvalue weighted by Crippen LogP contribution is 2.27. The van der Waals surface area contributed by atoms with Crippen molar-refractivity contribution >= 4 is 23.3 Å². The maximum absolute atomic E-state index is 13.4. The lowest BCUT2D eigenvalue weighted by atomic mass is 9.94. The van der Waals surface area contributed by atoms with Gasteiger partial charge in [-0.2, -0.15) is 0 Å². The van der Waals surface area contributed by atoms with Gasteiger partial charge in [-0.15, -0.1) is 12.4 Å².